The number of pyridine rings is 1. The Hall–Kier alpha value is -2.34. The van der Waals surface area contributed by atoms with E-state index in [-0.39, 0.29) is 0 Å². The predicted octanol–water partition coefficient (Wildman–Crippen LogP) is 3.05. The van der Waals surface area contributed by atoms with Gasteiger partial charge in [-0.15, -0.1) is 16.4 Å². The summed E-state index contributed by atoms with van der Waals surface area (Å²) >= 11 is 1.57. The van der Waals surface area contributed by atoms with Crippen LogP contribution in [0.2, 0.25) is 0 Å². The van der Waals surface area contributed by atoms with E-state index in [1.165, 1.54) is 0 Å². The summed E-state index contributed by atoms with van der Waals surface area (Å²) in [6.45, 7) is 2.04. The van der Waals surface area contributed by atoms with Gasteiger partial charge in [0.15, 0.2) is 5.82 Å². The van der Waals surface area contributed by atoms with Gasteiger partial charge in [-0.1, -0.05) is 0 Å². The summed E-state index contributed by atoms with van der Waals surface area (Å²) in [5, 5.41) is 11.0. The molecule has 0 aliphatic carbocycles. The van der Waals surface area contributed by atoms with Crippen LogP contribution in [0.5, 0.6) is 0 Å². The summed E-state index contributed by atoms with van der Waals surface area (Å²) in [6, 6.07) is 7.69. The Balaban J connectivity index is 1.94. The average Bonchev–Trinajstić information content (AvgIpc) is 2.93. The van der Waals surface area contributed by atoms with Crippen molar-refractivity contribution in [3.63, 3.8) is 0 Å². The third-order valence-corrected chi connectivity index (χ3v) is 3.28. The van der Waals surface area contributed by atoms with Gasteiger partial charge < -0.3 is 5.32 Å². The van der Waals surface area contributed by atoms with Crippen molar-refractivity contribution >= 4 is 23.0 Å². The molecule has 3 aromatic rings. The van der Waals surface area contributed by atoms with Crippen LogP contribution in [-0.2, 0) is 0 Å². The molecule has 0 unspecified atom stereocenters. The first kappa shape index (κ1) is 11.7. The molecule has 0 spiro atoms. The highest BCUT2D eigenvalue weighted by Gasteiger charge is 2.05. The highest BCUT2D eigenvalue weighted by Crippen LogP contribution is 2.24. The lowest BCUT2D eigenvalue weighted by molar-refractivity contribution is 1.03. The smallest absolute Gasteiger partial charge is 0.154 e. The molecule has 0 fully saturated rings. The molecule has 0 saturated carbocycles. The van der Waals surface area contributed by atoms with Gasteiger partial charge in [-0.2, -0.15) is 5.10 Å². The predicted molar refractivity (Wildman–Crippen MR) is 75.4 cm³/mol. The summed E-state index contributed by atoms with van der Waals surface area (Å²) in [5.74, 6) is 1.43. The number of aryl methyl sites for hydroxylation is 1. The molecule has 3 heterocycles. The first-order valence-electron chi connectivity index (χ1n) is 5.73. The number of nitrogens with zero attached hydrogens (tertiary/aromatic N) is 4. The molecule has 0 aliphatic heterocycles. The van der Waals surface area contributed by atoms with Gasteiger partial charge in [0, 0.05) is 12.4 Å². The number of anilines is 2. The molecule has 0 saturated heterocycles. The molecule has 3 rings (SSSR count). The first-order valence-corrected chi connectivity index (χ1v) is 6.61. The molecule has 0 aliphatic rings. The van der Waals surface area contributed by atoms with Gasteiger partial charge in [0.1, 0.15) is 5.82 Å². The Labute approximate surface area is 114 Å². The topological polar surface area (TPSA) is 63.6 Å². The summed E-state index contributed by atoms with van der Waals surface area (Å²) in [6.07, 6.45) is 3.45. The third-order valence-electron chi connectivity index (χ3n) is 2.48. The number of rotatable bonds is 3. The number of hydrogen-bond donors (Lipinski definition) is 1. The van der Waals surface area contributed by atoms with Crippen molar-refractivity contribution in [2.45, 2.75) is 6.92 Å². The lowest BCUT2D eigenvalue weighted by Crippen LogP contribution is -1.98. The van der Waals surface area contributed by atoms with Crippen molar-refractivity contribution < 1.29 is 0 Å². The number of aromatic nitrogens is 4. The monoisotopic (exact) mass is 269 g/mol. The highest BCUT2D eigenvalue weighted by molar-refractivity contribution is 7.13. The molecule has 5 nitrogen and oxygen atoms in total. The zero-order chi connectivity index (χ0) is 13.1. The van der Waals surface area contributed by atoms with Crippen molar-refractivity contribution in [3.05, 3.63) is 47.7 Å². The van der Waals surface area contributed by atoms with Gasteiger partial charge in [-0.05, 0) is 36.8 Å². The lowest BCUT2D eigenvalue weighted by atomic mass is 10.2. The van der Waals surface area contributed by atoms with Gasteiger partial charge in [0.25, 0.3) is 0 Å². The van der Waals surface area contributed by atoms with E-state index in [0.29, 0.717) is 5.82 Å². The molecular weight excluding hydrogens is 258 g/mol. The molecule has 0 aromatic carbocycles. The molecular formula is C13H11N5S. The number of nitrogens with one attached hydrogen (secondary N) is 1. The maximum absolute atomic E-state index is 4.56. The molecule has 0 atom stereocenters. The second kappa shape index (κ2) is 5.11. The van der Waals surface area contributed by atoms with E-state index in [1.807, 2.05) is 37.4 Å². The van der Waals surface area contributed by atoms with Crippen LogP contribution in [0.25, 0.3) is 10.6 Å². The van der Waals surface area contributed by atoms with Gasteiger partial charge in [-0.25, -0.2) is 4.98 Å². The fourth-order valence-corrected chi connectivity index (χ4v) is 2.28. The maximum Gasteiger partial charge on any atom is 0.154 e. The van der Waals surface area contributed by atoms with Crippen LogP contribution in [0, 0.1) is 6.92 Å². The van der Waals surface area contributed by atoms with Gasteiger partial charge in [0.05, 0.1) is 16.1 Å². The molecule has 19 heavy (non-hydrogen) atoms. The molecule has 3 aromatic heterocycles. The Bertz CT molecular complexity index is 667. The zero-order valence-electron chi connectivity index (χ0n) is 10.2. The SMILES string of the molecule is Cc1cc(Nc2cccnn2)nc(-c2cncs2)c1. The van der Waals surface area contributed by atoms with Gasteiger partial charge in [0.2, 0.25) is 0 Å². The van der Waals surface area contributed by atoms with Crippen molar-refractivity contribution in [2.24, 2.45) is 0 Å². The van der Waals surface area contributed by atoms with Crippen molar-refractivity contribution in [3.8, 4) is 10.6 Å². The molecule has 1 N–H and O–H groups in total. The first-order chi connectivity index (χ1) is 9.31. The Kier molecular flexibility index (Phi) is 3.16. The standard InChI is InChI=1S/C13H11N5S/c1-9-5-10(11-7-14-8-19-11)16-13(6-9)17-12-3-2-4-15-18-12/h2-8H,1H3,(H,16,17,18). The number of thiazole rings is 1. The van der Waals surface area contributed by atoms with E-state index in [9.17, 15) is 0 Å². The van der Waals surface area contributed by atoms with E-state index in [0.717, 1.165) is 22.0 Å². The maximum atomic E-state index is 4.56. The second-order valence-corrected chi connectivity index (χ2v) is 4.90. The fraction of sp³-hybridized carbons (Fsp3) is 0.0769. The van der Waals surface area contributed by atoms with Crippen LogP contribution in [0.3, 0.4) is 0 Å². The summed E-state index contributed by atoms with van der Waals surface area (Å²) in [7, 11) is 0. The summed E-state index contributed by atoms with van der Waals surface area (Å²) in [4.78, 5) is 9.69. The molecule has 94 valence electrons. The number of hydrogen-bond acceptors (Lipinski definition) is 6. The second-order valence-electron chi connectivity index (χ2n) is 4.01. The van der Waals surface area contributed by atoms with E-state index in [2.05, 4.69) is 25.5 Å². The van der Waals surface area contributed by atoms with Crippen LogP contribution >= 0.6 is 11.3 Å². The van der Waals surface area contributed by atoms with Crippen LogP contribution < -0.4 is 5.32 Å². The quantitative estimate of drug-likeness (QED) is 0.791. The van der Waals surface area contributed by atoms with E-state index < -0.39 is 0 Å². The van der Waals surface area contributed by atoms with Gasteiger partial charge in [-0.3, -0.25) is 4.98 Å². The van der Waals surface area contributed by atoms with Crippen LogP contribution in [0.1, 0.15) is 5.56 Å². The minimum Gasteiger partial charge on any atom is -0.323 e. The van der Waals surface area contributed by atoms with Crippen LogP contribution in [-0.4, -0.2) is 20.2 Å². The Morgan fingerprint density at radius 2 is 2.16 bits per heavy atom. The van der Waals surface area contributed by atoms with Crippen molar-refractivity contribution in [1.82, 2.24) is 20.2 Å². The summed E-state index contributed by atoms with van der Waals surface area (Å²) in [5.41, 5.74) is 3.84. The van der Waals surface area contributed by atoms with Gasteiger partial charge >= 0.3 is 0 Å². The average molecular weight is 269 g/mol. The van der Waals surface area contributed by atoms with E-state index >= 15 is 0 Å². The summed E-state index contributed by atoms with van der Waals surface area (Å²) < 4.78 is 0. The molecule has 0 radical (unpaired) electrons. The van der Waals surface area contributed by atoms with Crippen molar-refractivity contribution in [1.29, 1.82) is 0 Å². The van der Waals surface area contributed by atoms with Crippen LogP contribution in [0.15, 0.2) is 42.2 Å². The lowest BCUT2D eigenvalue weighted by Gasteiger charge is -2.07. The normalized spacial score (nSPS) is 10.4. The van der Waals surface area contributed by atoms with Crippen molar-refractivity contribution in [2.75, 3.05) is 5.32 Å². The minimum absolute atomic E-state index is 0.677. The highest BCUT2D eigenvalue weighted by atomic mass is 32.1. The molecule has 0 bridgehead atoms. The largest absolute Gasteiger partial charge is 0.323 e. The molecule has 0 amide bonds. The van der Waals surface area contributed by atoms with E-state index in [1.54, 1.807) is 23.0 Å². The molecule has 6 heteroatoms. The van der Waals surface area contributed by atoms with E-state index in [4.69, 9.17) is 0 Å². The Morgan fingerprint density at radius 3 is 2.89 bits per heavy atom. The Morgan fingerprint density at radius 1 is 1.21 bits per heavy atom. The minimum atomic E-state index is 0.677. The third kappa shape index (κ3) is 2.74. The fourth-order valence-electron chi connectivity index (χ4n) is 1.70. The zero-order valence-corrected chi connectivity index (χ0v) is 11.1. The van der Waals surface area contributed by atoms with Crippen LogP contribution in [0.4, 0.5) is 11.6 Å².